The first-order valence-electron chi connectivity index (χ1n) is 8.75. The third-order valence-corrected chi connectivity index (χ3v) is 4.20. The van der Waals surface area contributed by atoms with E-state index < -0.39 is 0 Å². The predicted molar refractivity (Wildman–Crippen MR) is 98.0 cm³/mol. The van der Waals surface area contributed by atoms with Crippen molar-refractivity contribution in [1.82, 2.24) is 15.5 Å². The van der Waals surface area contributed by atoms with Crippen molar-refractivity contribution in [2.75, 3.05) is 26.7 Å². The second kappa shape index (κ2) is 10.3. The number of nitrogens with zero attached hydrogens (tertiary/aromatic N) is 2. The molecule has 0 spiro atoms. The van der Waals surface area contributed by atoms with Gasteiger partial charge in [-0.05, 0) is 59.3 Å². The van der Waals surface area contributed by atoms with Crippen LogP contribution in [0.25, 0.3) is 0 Å². The number of rotatable bonds is 9. The third kappa shape index (κ3) is 7.08. The Balaban J connectivity index is 2.33. The van der Waals surface area contributed by atoms with Gasteiger partial charge in [0.15, 0.2) is 5.96 Å². The molecule has 1 aromatic rings. The number of hydrogen-bond donors (Lipinski definition) is 2. The number of furan rings is 1. The zero-order valence-electron chi connectivity index (χ0n) is 15.7. The summed E-state index contributed by atoms with van der Waals surface area (Å²) in [5, 5.41) is 6.82. The summed E-state index contributed by atoms with van der Waals surface area (Å²) in [4.78, 5) is 6.77. The van der Waals surface area contributed by atoms with Crippen molar-refractivity contribution in [2.24, 2.45) is 4.99 Å². The van der Waals surface area contributed by atoms with Gasteiger partial charge >= 0.3 is 0 Å². The van der Waals surface area contributed by atoms with Gasteiger partial charge in [-0.1, -0.05) is 13.8 Å². The summed E-state index contributed by atoms with van der Waals surface area (Å²) in [6.07, 6.45) is 2.34. The monoisotopic (exact) mass is 322 g/mol. The molecule has 0 aliphatic carbocycles. The van der Waals surface area contributed by atoms with E-state index in [2.05, 4.69) is 47.4 Å². The molecule has 0 aliphatic rings. The predicted octanol–water partition coefficient (Wildman–Crippen LogP) is 3.07. The molecule has 1 atom stereocenters. The number of aliphatic imine (C=N–C) groups is 1. The Kier molecular flexibility index (Phi) is 8.77. The second-order valence-electron chi connectivity index (χ2n) is 6.08. The van der Waals surface area contributed by atoms with Gasteiger partial charge in [-0.15, -0.1) is 0 Å². The van der Waals surface area contributed by atoms with E-state index in [9.17, 15) is 0 Å². The van der Waals surface area contributed by atoms with E-state index >= 15 is 0 Å². The Morgan fingerprint density at radius 2 is 2.00 bits per heavy atom. The number of guanidine groups is 1. The van der Waals surface area contributed by atoms with Gasteiger partial charge in [-0.2, -0.15) is 0 Å². The van der Waals surface area contributed by atoms with Crippen LogP contribution >= 0.6 is 0 Å². The van der Waals surface area contributed by atoms with Crippen molar-refractivity contribution < 1.29 is 4.42 Å². The molecule has 2 N–H and O–H groups in total. The second-order valence-corrected chi connectivity index (χ2v) is 6.08. The zero-order valence-corrected chi connectivity index (χ0v) is 15.7. The lowest BCUT2D eigenvalue weighted by atomic mass is 10.2. The Morgan fingerprint density at radius 3 is 2.52 bits per heavy atom. The zero-order chi connectivity index (χ0) is 17.2. The van der Waals surface area contributed by atoms with Crippen LogP contribution in [0.1, 0.15) is 50.7 Å². The first-order chi connectivity index (χ1) is 11.0. The molecule has 0 fully saturated rings. The largest absolute Gasteiger partial charge is 0.466 e. The fourth-order valence-corrected chi connectivity index (χ4v) is 2.70. The van der Waals surface area contributed by atoms with Crippen molar-refractivity contribution in [2.45, 2.75) is 60.0 Å². The maximum Gasteiger partial charge on any atom is 0.191 e. The maximum absolute atomic E-state index is 5.55. The van der Waals surface area contributed by atoms with E-state index in [0.717, 1.165) is 43.5 Å². The Bertz CT molecular complexity index is 477. The van der Waals surface area contributed by atoms with Crippen molar-refractivity contribution in [3.05, 3.63) is 23.2 Å². The average Bonchev–Trinajstić information content (AvgIpc) is 2.85. The standard InChI is InChI=1S/C18H34N4O/c1-7-22(8-2)11-9-10-14(3)21-18(19-6)20-13-17-12-15(4)23-16(17)5/h12,14H,7-11,13H2,1-6H3,(H2,19,20,21). The van der Waals surface area contributed by atoms with E-state index in [-0.39, 0.29) is 0 Å². The van der Waals surface area contributed by atoms with Crippen LogP contribution in [0, 0.1) is 13.8 Å². The highest BCUT2D eigenvalue weighted by atomic mass is 16.3. The minimum atomic E-state index is 0.406. The number of aryl methyl sites for hydroxylation is 2. The van der Waals surface area contributed by atoms with E-state index in [1.54, 1.807) is 0 Å². The summed E-state index contributed by atoms with van der Waals surface area (Å²) in [5.41, 5.74) is 1.18. The molecule has 1 rings (SSSR count). The van der Waals surface area contributed by atoms with Gasteiger partial charge in [0.1, 0.15) is 11.5 Å². The lowest BCUT2D eigenvalue weighted by molar-refractivity contribution is 0.292. The van der Waals surface area contributed by atoms with Crippen LogP contribution in [-0.2, 0) is 6.54 Å². The van der Waals surface area contributed by atoms with Gasteiger partial charge in [0.05, 0.1) is 0 Å². The van der Waals surface area contributed by atoms with E-state index in [1.807, 2.05) is 20.9 Å². The summed E-state index contributed by atoms with van der Waals surface area (Å²) in [6.45, 7) is 14.8. The van der Waals surface area contributed by atoms with Crippen LogP contribution in [0.5, 0.6) is 0 Å². The van der Waals surface area contributed by atoms with E-state index in [4.69, 9.17) is 4.42 Å². The van der Waals surface area contributed by atoms with Crippen LogP contribution in [-0.4, -0.2) is 43.6 Å². The molecule has 0 saturated carbocycles. The fraction of sp³-hybridized carbons (Fsp3) is 0.722. The molecule has 0 saturated heterocycles. The van der Waals surface area contributed by atoms with Gasteiger partial charge < -0.3 is 20.0 Å². The van der Waals surface area contributed by atoms with Crippen molar-refractivity contribution in [1.29, 1.82) is 0 Å². The molecule has 132 valence electrons. The molecule has 0 amide bonds. The normalized spacial score (nSPS) is 13.4. The smallest absolute Gasteiger partial charge is 0.191 e. The minimum Gasteiger partial charge on any atom is -0.466 e. The van der Waals surface area contributed by atoms with Crippen LogP contribution < -0.4 is 10.6 Å². The quantitative estimate of drug-likeness (QED) is 0.542. The molecular formula is C18H34N4O. The SMILES string of the molecule is CCN(CC)CCCC(C)NC(=NC)NCc1cc(C)oc1C. The molecule has 1 unspecified atom stereocenters. The number of nitrogens with one attached hydrogen (secondary N) is 2. The van der Waals surface area contributed by atoms with Crippen LogP contribution in [0.4, 0.5) is 0 Å². The lowest BCUT2D eigenvalue weighted by Gasteiger charge is -2.21. The molecule has 0 radical (unpaired) electrons. The number of hydrogen-bond acceptors (Lipinski definition) is 3. The van der Waals surface area contributed by atoms with Crippen LogP contribution in [0.15, 0.2) is 15.5 Å². The molecule has 5 heteroatoms. The molecule has 5 nitrogen and oxygen atoms in total. The van der Waals surface area contributed by atoms with Gasteiger partial charge in [0, 0.05) is 25.2 Å². The van der Waals surface area contributed by atoms with Gasteiger partial charge in [-0.25, -0.2) is 0 Å². The van der Waals surface area contributed by atoms with E-state index in [1.165, 1.54) is 18.5 Å². The van der Waals surface area contributed by atoms with Crippen molar-refractivity contribution in [3.8, 4) is 0 Å². The summed E-state index contributed by atoms with van der Waals surface area (Å²) >= 11 is 0. The topological polar surface area (TPSA) is 52.8 Å². The van der Waals surface area contributed by atoms with Gasteiger partial charge in [0.25, 0.3) is 0 Å². The lowest BCUT2D eigenvalue weighted by Crippen LogP contribution is -2.42. The highest BCUT2D eigenvalue weighted by molar-refractivity contribution is 5.79. The Morgan fingerprint density at radius 1 is 1.30 bits per heavy atom. The van der Waals surface area contributed by atoms with Gasteiger partial charge in [-0.3, -0.25) is 4.99 Å². The first kappa shape index (κ1) is 19.6. The minimum absolute atomic E-state index is 0.406. The third-order valence-electron chi connectivity index (χ3n) is 4.20. The summed E-state index contributed by atoms with van der Waals surface area (Å²) < 4.78 is 5.55. The van der Waals surface area contributed by atoms with E-state index in [0.29, 0.717) is 6.04 Å². The molecule has 23 heavy (non-hydrogen) atoms. The average molecular weight is 322 g/mol. The highest BCUT2D eigenvalue weighted by Crippen LogP contribution is 2.13. The summed E-state index contributed by atoms with van der Waals surface area (Å²) in [7, 11) is 1.81. The first-order valence-corrected chi connectivity index (χ1v) is 8.75. The van der Waals surface area contributed by atoms with Crippen LogP contribution in [0.2, 0.25) is 0 Å². The highest BCUT2D eigenvalue weighted by Gasteiger charge is 2.08. The Labute approximate surface area is 141 Å². The van der Waals surface area contributed by atoms with Gasteiger partial charge in [0.2, 0.25) is 0 Å². The molecule has 1 heterocycles. The fourth-order valence-electron chi connectivity index (χ4n) is 2.70. The molecule has 0 aliphatic heterocycles. The van der Waals surface area contributed by atoms with Crippen LogP contribution in [0.3, 0.4) is 0 Å². The van der Waals surface area contributed by atoms with Crippen molar-refractivity contribution >= 4 is 5.96 Å². The Hall–Kier alpha value is -1.49. The maximum atomic E-state index is 5.55. The molecular weight excluding hydrogens is 288 g/mol. The summed E-state index contributed by atoms with van der Waals surface area (Å²) in [5.74, 6) is 2.77. The summed E-state index contributed by atoms with van der Waals surface area (Å²) in [6, 6.07) is 2.48. The van der Waals surface area contributed by atoms with Crippen molar-refractivity contribution in [3.63, 3.8) is 0 Å². The molecule has 0 aromatic carbocycles. The molecule has 0 bridgehead atoms. The molecule has 1 aromatic heterocycles.